The highest BCUT2D eigenvalue weighted by atomic mass is 32.2. The lowest BCUT2D eigenvalue weighted by atomic mass is 10.2. The number of rotatable bonds is 8. The van der Waals surface area contributed by atoms with Crippen LogP contribution in [0.25, 0.3) is 6.08 Å². The van der Waals surface area contributed by atoms with E-state index in [2.05, 4.69) is 0 Å². The van der Waals surface area contributed by atoms with Gasteiger partial charge in [-0.3, -0.25) is 24.1 Å². The Kier molecular flexibility index (Phi) is 7.53. The van der Waals surface area contributed by atoms with E-state index in [0.29, 0.717) is 50.0 Å². The first kappa shape index (κ1) is 22.6. The summed E-state index contributed by atoms with van der Waals surface area (Å²) in [5.41, 5.74) is 5.68. The average Bonchev–Trinajstić information content (AvgIpc) is 3.01. The molecule has 2 saturated heterocycles. The van der Waals surface area contributed by atoms with Crippen molar-refractivity contribution in [3.63, 3.8) is 0 Å². The Morgan fingerprint density at radius 3 is 2.61 bits per heavy atom. The fourth-order valence-corrected chi connectivity index (χ4v) is 3.83. The Morgan fingerprint density at radius 2 is 1.94 bits per heavy atom. The lowest BCUT2D eigenvalue weighted by Gasteiger charge is -2.26. The summed E-state index contributed by atoms with van der Waals surface area (Å²) < 4.78 is 16.5. The largest absolute Gasteiger partial charge is 0.490 e. The number of carbonyl (C=O) groups is 4. The van der Waals surface area contributed by atoms with Crippen LogP contribution in [0, 0.1) is 0 Å². The number of nitrogens with zero attached hydrogens (tertiary/aromatic N) is 2. The van der Waals surface area contributed by atoms with Crippen molar-refractivity contribution in [3.05, 3.63) is 28.7 Å². The Balaban J connectivity index is 1.72. The SMILES string of the molecule is CCOc1cc(/C=C2\SC(=O)N(CC(N)=O)C2=O)ccc1OCC(=O)N1CCOCC1. The summed E-state index contributed by atoms with van der Waals surface area (Å²) in [6, 6.07) is 4.97. The molecular formula is C20H23N3O7S. The molecule has 2 heterocycles. The Morgan fingerprint density at radius 1 is 1.19 bits per heavy atom. The Labute approximate surface area is 183 Å². The third kappa shape index (κ3) is 5.76. The maximum Gasteiger partial charge on any atom is 0.294 e. The van der Waals surface area contributed by atoms with Crippen LogP contribution in [-0.2, 0) is 19.1 Å². The molecule has 2 N–H and O–H groups in total. The van der Waals surface area contributed by atoms with E-state index in [1.807, 2.05) is 6.92 Å². The molecule has 166 valence electrons. The van der Waals surface area contributed by atoms with E-state index in [1.165, 1.54) is 6.08 Å². The summed E-state index contributed by atoms with van der Waals surface area (Å²) in [7, 11) is 0. The highest BCUT2D eigenvalue weighted by Gasteiger charge is 2.35. The zero-order chi connectivity index (χ0) is 22.4. The number of imide groups is 1. The number of primary amides is 1. The minimum absolute atomic E-state index is 0.134. The first-order valence-electron chi connectivity index (χ1n) is 9.68. The van der Waals surface area contributed by atoms with Gasteiger partial charge in [-0.2, -0.15) is 0 Å². The maximum absolute atomic E-state index is 12.4. The van der Waals surface area contributed by atoms with Crippen LogP contribution < -0.4 is 15.2 Å². The molecule has 2 aliphatic heterocycles. The molecule has 0 aromatic heterocycles. The number of carbonyl (C=O) groups excluding carboxylic acids is 4. The highest BCUT2D eigenvalue weighted by molar-refractivity contribution is 8.18. The molecule has 2 fully saturated rings. The minimum atomic E-state index is -0.768. The van der Waals surface area contributed by atoms with Crippen LogP contribution in [0.4, 0.5) is 4.79 Å². The van der Waals surface area contributed by atoms with Crippen LogP contribution in [0.1, 0.15) is 12.5 Å². The number of hydrogen-bond donors (Lipinski definition) is 1. The van der Waals surface area contributed by atoms with E-state index in [0.717, 1.165) is 16.7 Å². The molecule has 3 rings (SSSR count). The number of morpholine rings is 1. The summed E-state index contributed by atoms with van der Waals surface area (Å²) in [6.07, 6.45) is 1.52. The molecular weight excluding hydrogens is 426 g/mol. The molecule has 10 nitrogen and oxygen atoms in total. The van der Waals surface area contributed by atoms with E-state index in [1.54, 1.807) is 23.1 Å². The van der Waals surface area contributed by atoms with Crippen molar-refractivity contribution in [1.29, 1.82) is 0 Å². The van der Waals surface area contributed by atoms with Crippen LogP contribution in [0.2, 0.25) is 0 Å². The van der Waals surface area contributed by atoms with Crippen molar-refractivity contribution in [2.75, 3.05) is 46.1 Å². The van der Waals surface area contributed by atoms with Gasteiger partial charge in [0.05, 0.1) is 24.7 Å². The van der Waals surface area contributed by atoms with Gasteiger partial charge in [-0.1, -0.05) is 6.07 Å². The summed E-state index contributed by atoms with van der Waals surface area (Å²) in [6.45, 7) is 3.66. The maximum atomic E-state index is 12.4. The molecule has 0 atom stereocenters. The van der Waals surface area contributed by atoms with Gasteiger partial charge in [0, 0.05) is 13.1 Å². The second-order valence-electron chi connectivity index (χ2n) is 6.66. The van der Waals surface area contributed by atoms with Crippen molar-refractivity contribution in [1.82, 2.24) is 9.80 Å². The quantitative estimate of drug-likeness (QED) is 0.578. The van der Waals surface area contributed by atoms with Gasteiger partial charge in [-0.15, -0.1) is 0 Å². The van der Waals surface area contributed by atoms with E-state index in [4.69, 9.17) is 19.9 Å². The minimum Gasteiger partial charge on any atom is -0.490 e. The second kappa shape index (κ2) is 10.3. The van der Waals surface area contributed by atoms with E-state index >= 15 is 0 Å². The molecule has 0 bridgehead atoms. The molecule has 31 heavy (non-hydrogen) atoms. The first-order chi connectivity index (χ1) is 14.9. The van der Waals surface area contributed by atoms with Gasteiger partial charge in [-0.25, -0.2) is 0 Å². The van der Waals surface area contributed by atoms with Gasteiger partial charge in [0.15, 0.2) is 18.1 Å². The molecule has 1 aromatic rings. The lowest BCUT2D eigenvalue weighted by Crippen LogP contribution is -2.43. The van der Waals surface area contributed by atoms with Gasteiger partial charge < -0.3 is 24.8 Å². The van der Waals surface area contributed by atoms with Gasteiger partial charge in [0.25, 0.3) is 17.1 Å². The number of ether oxygens (including phenoxy) is 3. The highest BCUT2D eigenvalue weighted by Crippen LogP contribution is 2.34. The third-order valence-corrected chi connectivity index (χ3v) is 5.38. The molecule has 0 spiro atoms. The normalized spacial score (nSPS) is 17.9. The van der Waals surface area contributed by atoms with E-state index in [9.17, 15) is 19.2 Å². The fourth-order valence-electron chi connectivity index (χ4n) is 2.99. The second-order valence-corrected chi connectivity index (χ2v) is 7.65. The van der Waals surface area contributed by atoms with Gasteiger partial charge in [0.2, 0.25) is 5.91 Å². The Bertz CT molecular complexity index is 912. The molecule has 0 unspecified atom stereocenters. The molecule has 4 amide bonds. The summed E-state index contributed by atoms with van der Waals surface area (Å²) in [4.78, 5) is 50.3. The fraction of sp³-hybridized carbons (Fsp3) is 0.400. The third-order valence-electron chi connectivity index (χ3n) is 4.47. The van der Waals surface area contributed by atoms with Gasteiger partial charge >= 0.3 is 0 Å². The Hall–Kier alpha value is -3.05. The molecule has 0 radical (unpaired) electrons. The smallest absolute Gasteiger partial charge is 0.294 e. The topological polar surface area (TPSA) is 128 Å². The molecule has 1 aromatic carbocycles. The number of thioether (sulfide) groups is 1. The number of amides is 4. The predicted molar refractivity (Wildman–Crippen MR) is 112 cm³/mol. The summed E-state index contributed by atoms with van der Waals surface area (Å²) in [5.74, 6) is -0.693. The summed E-state index contributed by atoms with van der Waals surface area (Å²) >= 11 is 0.730. The zero-order valence-electron chi connectivity index (χ0n) is 17.0. The van der Waals surface area contributed by atoms with Crippen molar-refractivity contribution in [2.45, 2.75) is 6.92 Å². The van der Waals surface area contributed by atoms with Crippen LogP contribution in [0.5, 0.6) is 11.5 Å². The van der Waals surface area contributed by atoms with Crippen molar-refractivity contribution in [3.8, 4) is 11.5 Å². The molecule has 11 heteroatoms. The van der Waals surface area contributed by atoms with Gasteiger partial charge in [0.1, 0.15) is 6.54 Å². The number of nitrogens with two attached hydrogens (primary N) is 1. The van der Waals surface area contributed by atoms with Crippen molar-refractivity contribution < 1.29 is 33.4 Å². The first-order valence-corrected chi connectivity index (χ1v) is 10.5. The van der Waals surface area contributed by atoms with Crippen LogP contribution in [-0.4, -0.2) is 78.8 Å². The van der Waals surface area contributed by atoms with Crippen LogP contribution in [0.15, 0.2) is 23.1 Å². The molecule has 0 saturated carbocycles. The monoisotopic (exact) mass is 449 g/mol. The van der Waals surface area contributed by atoms with Gasteiger partial charge in [-0.05, 0) is 42.5 Å². The van der Waals surface area contributed by atoms with E-state index < -0.39 is 23.6 Å². The standard InChI is InChI=1S/C20H23N3O7S/c1-2-29-15-9-13(10-16-19(26)23(11-17(21)24)20(27)31-16)3-4-14(15)30-12-18(25)22-5-7-28-8-6-22/h3-4,9-10H,2,5-8,11-12H2,1H3,(H2,21,24)/b16-10-. The van der Waals surface area contributed by atoms with Crippen molar-refractivity contribution in [2.24, 2.45) is 5.73 Å². The predicted octanol–water partition coefficient (Wildman–Crippen LogP) is 0.845. The number of hydrogen-bond acceptors (Lipinski definition) is 8. The molecule has 0 aliphatic carbocycles. The lowest BCUT2D eigenvalue weighted by molar-refractivity contribution is -0.137. The van der Waals surface area contributed by atoms with Crippen molar-refractivity contribution >= 4 is 40.8 Å². The average molecular weight is 449 g/mol. The number of benzene rings is 1. The van der Waals surface area contributed by atoms with Crippen LogP contribution >= 0.6 is 11.8 Å². The van der Waals surface area contributed by atoms with Crippen LogP contribution in [0.3, 0.4) is 0 Å². The van der Waals surface area contributed by atoms with E-state index in [-0.39, 0.29) is 17.4 Å². The zero-order valence-corrected chi connectivity index (χ0v) is 17.8. The summed E-state index contributed by atoms with van der Waals surface area (Å²) in [5, 5.41) is -0.554. The molecule has 2 aliphatic rings.